The summed E-state index contributed by atoms with van der Waals surface area (Å²) in [6.45, 7) is 0. The number of hydrogen-bond donors (Lipinski definition) is 0. The molecule has 3 rings (SSSR count). The third-order valence-electron chi connectivity index (χ3n) is 3.58. The molecule has 0 saturated heterocycles. The van der Waals surface area contributed by atoms with Crippen LogP contribution < -0.4 is 4.74 Å². The number of benzene rings is 1. The van der Waals surface area contributed by atoms with Gasteiger partial charge in [-0.05, 0) is 36.6 Å². The molecule has 0 radical (unpaired) electrons. The van der Waals surface area contributed by atoms with Crippen LogP contribution in [0.2, 0.25) is 0 Å². The van der Waals surface area contributed by atoms with Gasteiger partial charge in [-0.2, -0.15) is 0 Å². The highest BCUT2D eigenvalue weighted by molar-refractivity contribution is 7.10. The van der Waals surface area contributed by atoms with Gasteiger partial charge in [0.05, 0.1) is 12.8 Å². The molecule has 0 amide bonds. The minimum atomic E-state index is 0.718. The maximum absolute atomic E-state index is 5.22. The Morgan fingerprint density at radius 2 is 2.21 bits per heavy atom. The Balaban J connectivity index is 1.72. The van der Waals surface area contributed by atoms with Gasteiger partial charge in [-0.25, -0.2) is 4.98 Å². The Bertz CT molecular complexity index is 584. The fraction of sp³-hybridized carbons (Fsp3) is 0.312. The Morgan fingerprint density at radius 3 is 2.95 bits per heavy atom. The lowest BCUT2D eigenvalue weighted by molar-refractivity contribution is 0.412. The normalized spacial score (nSPS) is 15.6. The second-order valence-electron chi connectivity index (χ2n) is 4.85. The zero-order chi connectivity index (χ0) is 13.1. The summed E-state index contributed by atoms with van der Waals surface area (Å²) in [5, 5.41) is 3.29. The molecule has 0 spiro atoms. The molecule has 2 nitrogen and oxygen atoms in total. The summed E-state index contributed by atoms with van der Waals surface area (Å²) >= 11 is 1.73. The van der Waals surface area contributed by atoms with E-state index in [1.54, 1.807) is 18.4 Å². The molecule has 2 aromatic rings. The Hall–Kier alpha value is -1.61. The first kappa shape index (κ1) is 12.4. The van der Waals surface area contributed by atoms with Crippen LogP contribution in [0.4, 0.5) is 0 Å². The fourth-order valence-corrected chi connectivity index (χ4v) is 2.97. The third-order valence-corrected chi connectivity index (χ3v) is 4.40. The smallest absolute Gasteiger partial charge is 0.119 e. The fourth-order valence-electron chi connectivity index (χ4n) is 2.18. The largest absolute Gasteiger partial charge is 0.497 e. The van der Waals surface area contributed by atoms with Crippen molar-refractivity contribution in [1.82, 2.24) is 4.98 Å². The van der Waals surface area contributed by atoms with Crippen LogP contribution in [0, 0.1) is 0 Å². The van der Waals surface area contributed by atoms with E-state index < -0.39 is 0 Å². The van der Waals surface area contributed by atoms with Crippen LogP contribution in [-0.2, 0) is 0 Å². The van der Waals surface area contributed by atoms with Crippen molar-refractivity contribution < 1.29 is 4.74 Å². The van der Waals surface area contributed by atoms with Gasteiger partial charge in [0.25, 0.3) is 0 Å². The molecule has 98 valence electrons. The van der Waals surface area contributed by atoms with Crippen LogP contribution in [0.15, 0.2) is 29.6 Å². The summed E-state index contributed by atoms with van der Waals surface area (Å²) in [5.41, 5.74) is 2.42. The lowest BCUT2D eigenvalue weighted by Gasteiger charge is -2.22. The van der Waals surface area contributed by atoms with E-state index in [1.165, 1.54) is 25.0 Å². The van der Waals surface area contributed by atoms with Gasteiger partial charge in [0.2, 0.25) is 0 Å². The standard InChI is InChI=1S/C16H17NOS/c1-18-14-7-2-4-12(10-14)8-9-16-17-15(11-19-16)13-5-3-6-13/h2,4,7-11,13H,3,5-6H2,1H3/b9-8+. The van der Waals surface area contributed by atoms with E-state index in [1.807, 2.05) is 18.2 Å². The maximum Gasteiger partial charge on any atom is 0.119 e. The van der Waals surface area contributed by atoms with Gasteiger partial charge in [-0.15, -0.1) is 11.3 Å². The summed E-state index contributed by atoms with van der Waals surface area (Å²) in [4.78, 5) is 4.69. The molecule has 19 heavy (non-hydrogen) atoms. The second kappa shape index (κ2) is 5.57. The Morgan fingerprint density at radius 1 is 1.32 bits per heavy atom. The van der Waals surface area contributed by atoms with Crippen molar-refractivity contribution in [2.45, 2.75) is 25.2 Å². The molecule has 1 aliphatic carbocycles. The van der Waals surface area contributed by atoms with Crippen LogP contribution in [0.1, 0.15) is 41.4 Å². The second-order valence-corrected chi connectivity index (χ2v) is 5.74. The van der Waals surface area contributed by atoms with Gasteiger partial charge in [0.15, 0.2) is 0 Å². The minimum absolute atomic E-state index is 0.718. The lowest BCUT2D eigenvalue weighted by atomic mass is 9.83. The van der Waals surface area contributed by atoms with E-state index in [0.29, 0.717) is 0 Å². The molecule has 1 aromatic heterocycles. The lowest BCUT2D eigenvalue weighted by Crippen LogP contribution is -2.08. The first-order valence-electron chi connectivity index (χ1n) is 6.63. The molecule has 1 aliphatic rings. The number of thiazole rings is 1. The van der Waals surface area contributed by atoms with Crippen molar-refractivity contribution in [2.75, 3.05) is 7.11 Å². The monoisotopic (exact) mass is 271 g/mol. The molecule has 0 bridgehead atoms. The van der Waals surface area contributed by atoms with Crippen LogP contribution in [0.3, 0.4) is 0 Å². The minimum Gasteiger partial charge on any atom is -0.497 e. The summed E-state index contributed by atoms with van der Waals surface area (Å²) in [5.74, 6) is 1.60. The topological polar surface area (TPSA) is 22.1 Å². The van der Waals surface area contributed by atoms with Crippen LogP contribution in [0.5, 0.6) is 5.75 Å². The zero-order valence-corrected chi connectivity index (χ0v) is 11.8. The number of ether oxygens (including phenoxy) is 1. The zero-order valence-electron chi connectivity index (χ0n) is 11.0. The summed E-state index contributed by atoms with van der Waals surface area (Å²) in [6, 6.07) is 8.05. The summed E-state index contributed by atoms with van der Waals surface area (Å²) < 4.78 is 5.22. The Kier molecular flexibility index (Phi) is 3.65. The van der Waals surface area contributed by atoms with Gasteiger partial charge in [-0.1, -0.05) is 24.6 Å². The van der Waals surface area contributed by atoms with Crippen molar-refractivity contribution in [3.05, 3.63) is 45.9 Å². The number of hydrogen-bond acceptors (Lipinski definition) is 3. The molecular weight excluding hydrogens is 254 g/mol. The molecule has 0 aliphatic heterocycles. The average molecular weight is 271 g/mol. The molecular formula is C16H17NOS. The van der Waals surface area contributed by atoms with Crippen LogP contribution in [0.25, 0.3) is 12.2 Å². The number of rotatable bonds is 4. The highest BCUT2D eigenvalue weighted by Crippen LogP contribution is 2.36. The van der Waals surface area contributed by atoms with E-state index in [0.717, 1.165) is 22.2 Å². The first-order chi connectivity index (χ1) is 9.35. The molecule has 0 N–H and O–H groups in total. The van der Waals surface area contributed by atoms with E-state index in [-0.39, 0.29) is 0 Å². The first-order valence-corrected chi connectivity index (χ1v) is 7.50. The molecule has 0 unspecified atom stereocenters. The molecule has 1 heterocycles. The van der Waals surface area contributed by atoms with Crippen LogP contribution in [-0.4, -0.2) is 12.1 Å². The van der Waals surface area contributed by atoms with E-state index >= 15 is 0 Å². The Labute approximate surface area is 117 Å². The van der Waals surface area contributed by atoms with E-state index in [9.17, 15) is 0 Å². The highest BCUT2D eigenvalue weighted by Gasteiger charge is 2.21. The van der Waals surface area contributed by atoms with E-state index in [4.69, 9.17) is 9.72 Å². The highest BCUT2D eigenvalue weighted by atomic mass is 32.1. The van der Waals surface area contributed by atoms with Gasteiger partial charge in [-0.3, -0.25) is 0 Å². The van der Waals surface area contributed by atoms with Gasteiger partial charge in [0.1, 0.15) is 10.8 Å². The van der Waals surface area contributed by atoms with Crippen molar-refractivity contribution in [3.8, 4) is 5.75 Å². The van der Waals surface area contributed by atoms with Gasteiger partial charge in [0, 0.05) is 11.3 Å². The van der Waals surface area contributed by atoms with Gasteiger partial charge < -0.3 is 4.74 Å². The molecule has 1 aromatic carbocycles. The van der Waals surface area contributed by atoms with Crippen molar-refractivity contribution in [1.29, 1.82) is 0 Å². The summed E-state index contributed by atoms with van der Waals surface area (Å²) in [7, 11) is 1.69. The molecule has 1 fully saturated rings. The van der Waals surface area contributed by atoms with Crippen molar-refractivity contribution in [3.63, 3.8) is 0 Å². The average Bonchev–Trinajstić information content (AvgIpc) is 2.83. The van der Waals surface area contributed by atoms with Crippen molar-refractivity contribution >= 4 is 23.5 Å². The number of nitrogens with zero attached hydrogens (tertiary/aromatic N) is 1. The third kappa shape index (κ3) is 2.87. The van der Waals surface area contributed by atoms with Gasteiger partial charge >= 0.3 is 0 Å². The molecule has 3 heteroatoms. The molecule has 0 atom stereocenters. The van der Waals surface area contributed by atoms with Crippen LogP contribution >= 0.6 is 11.3 Å². The predicted octanol–water partition coefficient (Wildman–Crippen LogP) is 4.59. The summed E-state index contributed by atoms with van der Waals surface area (Å²) in [6.07, 6.45) is 8.15. The van der Waals surface area contributed by atoms with E-state index in [2.05, 4.69) is 23.6 Å². The number of aromatic nitrogens is 1. The predicted molar refractivity (Wildman–Crippen MR) is 80.6 cm³/mol. The molecule has 1 saturated carbocycles. The van der Waals surface area contributed by atoms with Crippen molar-refractivity contribution in [2.24, 2.45) is 0 Å². The maximum atomic E-state index is 5.22. The SMILES string of the molecule is COc1cccc(/C=C/c2nc(C3CCC3)cs2)c1. The quantitative estimate of drug-likeness (QED) is 0.811. The number of methoxy groups -OCH3 is 1.